The Kier molecular flexibility index (Phi) is 7.46. The van der Waals surface area contributed by atoms with Gasteiger partial charge in [0.25, 0.3) is 5.91 Å². The molecule has 0 atom stereocenters. The Bertz CT molecular complexity index is 995. The molecule has 1 heterocycles. The van der Waals surface area contributed by atoms with E-state index in [1.807, 2.05) is 24.3 Å². The summed E-state index contributed by atoms with van der Waals surface area (Å²) in [5, 5.41) is 11.7. The number of nitriles is 1. The van der Waals surface area contributed by atoms with Crippen molar-refractivity contribution in [2.45, 2.75) is 6.42 Å². The van der Waals surface area contributed by atoms with Gasteiger partial charge in [-0.3, -0.25) is 9.59 Å². The number of piperazine rings is 1. The molecule has 31 heavy (non-hydrogen) atoms. The number of rotatable bonds is 6. The summed E-state index contributed by atoms with van der Waals surface area (Å²) in [7, 11) is 0. The first-order valence-corrected chi connectivity index (χ1v) is 10.1. The van der Waals surface area contributed by atoms with E-state index in [0.717, 1.165) is 5.69 Å². The van der Waals surface area contributed by atoms with Crippen LogP contribution in [-0.2, 0) is 14.3 Å². The summed E-state index contributed by atoms with van der Waals surface area (Å²) in [6.45, 7) is 2.05. The van der Waals surface area contributed by atoms with Gasteiger partial charge in [-0.2, -0.15) is 5.26 Å². The molecule has 8 nitrogen and oxygen atoms in total. The fourth-order valence-corrected chi connectivity index (χ4v) is 3.34. The number of benzene rings is 2. The molecule has 0 saturated carbocycles. The second kappa shape index (κ2) is 10.5. The quantitative estimate of drug-likeness (QED) is 0.693. The molecule has 2 aromatic carbocycles. The minimum Gasteiger partial charge on any atom is -0.452 e. The van der Waals surface area contributed by atoms with Crippen molar-refractivity contribution in [3.63, 3.8) is 0 Å². The number of nitrogens with zero attached hydrogens (tertiary/aromatic N) is 3. The SMILES string of the molecule is N#CCC(=O)Nc1ccc(C(=O)OCC(=O)N2CCN(c3cccc(Cl)c3)CC2)cc1. The first kappa shape index (κ1) is 22.1. The van der Waals surface area contributed by atoms with Gasteiger partial charge in [0.1, 0.15) is 6.42 Å². The molecule has 3 rings (SSSR count). The fraction of sp³-hybridized carbons (Fsp3) is 0.273. The van der Waals surface area contributed by atoms with Gasteiger partial charge in [-0.15, -0.1) is 0 Å². The third-order valence-corrected chi connectivity index (χ3v) is 5.01. The highest BCUT2D eigenvalue weighted by atomic mass is 35.5. The van der Waals surface area contributed by atoms with E-state index in [2.05, 4.69) is 10.2 Å². The second-order valence-electron chi connectivity index (χ2n) is 6.88. The third-order valence-electron chi connectivity index (χ3n) is 4.78. The number of amides is 2. The number of nitrogens with one attached hydrogen (secondary N) is 1. The van der Waals surface area contributed by atoms with Crippen molar-refractivity contribution < 1.29 is 19.1 Å². The van der Waals surface area contributed by atoms with Crippen LogP contribution < -0.4 is 10.2 Å². The molecule has 0 spiro atoms. The Morgan fingerprint density at radius 1 is 1.06 bits per heavy atom. The van der Waals surface area contributed by atoms with Crippen LogP contribution in [-0.4, -0.2) is 55.5 Å². The van der Waals surface area contributed by atoms with Crippen molar-refractivity contribution in [3.8, 4) is 6.07 Å². The van der Waals surface area contributed by atoms with Crippen molar-refractivity contribution in [1.82, 2.24) is 4.90 Å². The van der Waals surface area contributed by atoms with Gasteiger partial charge in [0, 0.05) is 42.6 Å². The highest BCUT2D eigenvalue weighted by Crippen LogP contribution is 2.21. The zero-order valence-corrected chi connectivity index (χ0v) is 17.5. The van der Waals surface area contributed by atoms with Crippen LogP contribution in [0.3, 0.4) is 0 Å². The summed E-state index contributed by atoms with van der Waals surface area (Å²) in [6, 6.07) is 15.4. The Labute approximate surface area is 184 Å². The molecule has 0 bridgehead atoms. The van der Waals surface area contributed by atoms with E-state index in [4.69, 9.17) is 21.6 Å². The van der Waals surface area contributed by atoms with Crippen LogP contribution in [0.1, 0.15) is 16.8 Å². The molecule has 1 fully saturated rings. The van der Waals surface area contributed by atoms with Gasteiger partial charge in [0.05, 0.1) is 11.6 Å². The van der Waals surface area contributed by atoms with E-state index in [9.17, 15) is 14.4 Å². The van der Waals surface area contributed by atoms with E-state index in [-0.39, 0.29) is 24.5 Å². The Hall–Kier alpha value is -3.57. The van der Waals surface area contributed by atoms with Gasteiger partial charge in [-0.25, -0.2) is 4.79 Å². The molecule has 9 heteroatoms. The fourth-order valence-electron chi connectivity index (χ4n) is 3.16. The molecule has 1 aliphatic rings. The van der Waals surface area contributed by atoms with Crippen LogP contribution >= 0.6 is 11.6 Å². The van der Waals surface area contributed by atoms with Gasteiger partial charge in [-0.1, -0.05) is 17.7 Å². The zero-order chi connectivity index (χ0) is 22.2. The second-order valence-corrected chi connectivity index (χ2v) is 7.32. The Morgan fingerprint density at radius 3 is 2.42 bits per heavy atom. The number of esters is 1. The van der Waals surface area contributed by atoms with E-state index >= 15 is 0 Å². The predicted octanol–water partition coefficient (Wildman–Crippen LogP) is 2.70. The Balaban J connectivity index is 1.45. The van der Waals surface area contributed by atoms with Crippen LogP contribution in [0, 0.1) is 11.3 Å². The number of carbonyl (C=O) groups is 3. The summed E-state index contributed by atoms with van der Waals surface area (Å²) >= 11 is 6.04. The molecule has 2 aromatic rings. The molecule has 160 valence electrons. The summed E-state index contributed by atoms with van der Waals surface area (Å²) < 4.78 is 5.14. The predicted molar refractivity (Wildman–Crippen MR) is 116 cm³/mol. The lowest BCUT2D eigenvalue weighted by Gasteiger charge is -2.36. The standard InChI is InChI=1S/C22H21ClN4O4/c23-17-2-1-3-19(14-17)26-10-12-27(13-11-26)21(29)15-31-22(30)16-4-6-18(7-5-16)25-20(28)8-9-24/h1-7,14H,8,10-13,15H2,(H,25,28). The van der Waals surface area contributed by atoms with Crippen molar-refractivity contribution in [1.29, 1.82) is 5.26 Å². The number of hydrogen-bond acceptors (Lipinski definition) is 6. The molecular formula is C22H21ClN4O4. The normalized spacial score (nSPS) is 13.3. The summed E-state index contributed by atoms with van der Waals surface area (Å²) in [6.07, 6.45) is -0.251. The smallest absolute Gasteiger partial charge is 0.338 e. The first-order valence-electron chi connectivity index (χ1n) is 9.68. The van der Waals surface area contributed by atoms with E-state index in [1.54, 1.807) is 11.0 Å². The lowest BCUT2D eigenvalue weighted by molar-refractivity contribution is -0.134. The molecule has 0 aliphatic carbocycles. The van der Waals surface area contributed by atoms with Crippen molar-refractivity contribution in [2.75, 3.05) is 43.0 Å². The van der Waals surface area contributed by atoms with E-state index in [1.165, 1.54) is 24.3 Å². The minimum atomic E-state index is -0.624. The van der Waals surface area contributed by atoms with Crippen LogP contribution in [0.15, 0.2) is 48.5 Å². The maximum absolute atomic E-state index is 12.4. The maximum Gasteiger partial charge on any atom is 0.338 e. The van der Waals surface area contributed by atoms with Gasteiger partial charge in [0.2, 0.25) is 5.91 Å². The van der Waals surface area contributed by atoms with E-state index in [0.29, 0.717) is 36.9 Å². The van der Waals surface area contributed by atoms with Crippen LogP contribution in [0.4, 0.5) is 11.4 Å². The summed E-state index contributed by atoms with van der Waals surface area (Å²) in [5.74, 6) is -1.31. The van der Waals surface area contributed by atoms with Crippen LogP contribution in [0.5, 0.6) is 0 Å². The number of hydrogen-bond donors (Lipinski definition) is 1. The molecule has 1 saturated heterocycles. The molecular weight excluding hydrogens is 420 g/mol. The molecule has 0 unspecified atom stereocenters. The highest BCUT2D eigenvalue weighted by Gasteiger charge is 2.22. The van der Waals surface area contributed by atoms with Crippen LogP contribution in [0.25, 0.3) is 0 Å². The highest BCUT2D eigenvalue weighted by molar-refractivity contribution is 6.30. The topological polar surface area (TPSA) is 103 Å². The largest absolute Gasteiger partial charge is 0.452 e. The van der Waals surface area contributed by atoms with E-state index < -0.39 is 11.9 Å². The minimum absolute atomic E-state index is 0.250. The van der Waals surface area contributed by atoms with Gasteiger partial charge in [-0.05, 0) is 42.5 Å². The van der Waals surface area contributed by atoms with Crippen molar-refractivity contribution >= 4 is 40.8 Å². The molecule has 0 aromatic heterocycles. The van der Waals surface area contributed by atoms with Crippen LogP contribution in [0.2, 0.25) is 5.02 Å². The van der Waals surface area contributed by atoms with Gasteiger partial charge >= 0.3 is 5.97 Å². The first-order chi connectivity index (χ1) is 15.0. The number of carbonyl (C=O) groups excluding carboxylic acids is 3. The number of halogens is 1. The lowest BCUT2D eigenvalue weighted by atomic mass is 10.2. The monoisotopic (exact) mass is 440 g/mol. The maximum atomic E-state index is 12.4. The number of ether oxygens (including phenoxy) is 1. The molecule has 1 aliphatic heterocycles. The zero-order valence-electron chi connectivity index (χ0n) is 16.7. The molecule has 0 radical (unpaired) electrons. The van der Waals surface area contributed by atoms with Gasteiger partial charge in [0.15, 0.2) is 6.61 Å². The average Bonchev–Trinajstić information content (AvgIpc) is 2.78. The summed E-state index contributed by atoms with van der Waals surface area (Å²) in [4.78, 5) is 39.8. The van der Waals surface area contributed by atoms with Crippen molar-refractivity contribution in [3.05, 3.63) is 59.1 Å². The Morgan fingerprint density at radius 2 is 1.77 bits per heavy atom. The molecule has 1 N–H and O–H groups in total. The molecule has 2 amide bonds. The van der Waals surface area contributed by atoms with Gasteiger partial charge < -0.3 is 19.9 Å². The van der Waals surface area contributed by atoms with Crippen molar-refractivity contribution in [2.24, 2.45) is 0 Å². The summed E-state index contributed by atoms with van der Waals surface area (Å²) in [5.41, 5.74) is 1.74. The average molecular weight is 441 g/mol. The third kappa shape index (κ3) is 6.20. The number of anilines is 2. The lowest BCUT2D eigenvalue weighted by Crippen LogP contribution is -2.49.